The fourth-order valence-corrected chi connectivity index (χ4v) is 2.32. The van der Waals surface area contributed by atoms with E-state index in [1.165, 1.54) is 6.42 Å². The summed E-state index contributed by atoms with van der Waals surface area (Å²) in [6, 6.07) is 5.81. The fraction of sp³-hybridized carbons (Fsp3) is 0.429. The van der Waals surface area contributed by atoms with Crippen LogP contribution in [-0.2, 0) is 4.74 Å². The van der Waals surface area contributed by atoms with E-state index in [0.717, 1.165) is 36.6 Å². The average molecular weight is 259 g/mol. The van der Waals surface area contributed by atoms with Gasteiger partial charge in [0.2, 0.25) is 0 Å². The number of methoxy groups -OCH3 is 1. The van der Waals surface area contributed by atoms with Crippen molar-refractivity contribution in [3.05, 3.63) is 30.6 Å². The van der Waals surface area contributed by atoms with Crippen LogP contribution in [0.1, 0.15) is 25.5 Å². The highest BCUT2D eigenvalue weighted by Crippen LogP contribution is 2.27. The van der Waals surface area contributed by atoms with Gasteiger partial charge in [-0.25, -0.2) is 4.68 Å². The molecule has 2 aromatic heterocycles. The van der Waals surface area contributed by atoms with Crippen LogP contribution in [0.4, 0.5) is 0 Å². The van der Waals surface area contributed by atoms with Crippen LogP contribution < -0.4 is 4.74 Å². The Labute approximate surface area is 112 Å². The molecule has 100 valence electrons. The lowest BCUT2D eigenvalue weighted by Gasteiger charge is -2.24. The molecular weight excluding hydrogens is 242 g/mol. The van der Waals surface area contributed by atoms with Gasteiger partial charge in [-0.15, -0.1) is 0 Å². The van der Waals surface area contributed by atoms with Crippen molar-refractivity contribution in [3.63, 3.8) is 0 Å². The molecule has 2 aromatic rings. The van der Waals surface area contributed by atoms with E-state index in [4.69, 9.17) is 9.47 Å². The number of ether oxygens (including phenoxy) is 2. The largest absolute Gasteiger partial charge is 0.495 e. The van der Waals surface area contributed by atoms with E-state index in [1.54, 1.807) is 19.5 Å². The van der Waals surface area contributed by atoms with Gasteiger partial charge in [-0.3, -0.25) is 4.98 Å². The van der Waals surface area contributed by atoms with E-state index in [2.05, 4.69) is 10.1 Å². The maximum atomic E-state index is 5.78. The second-order valence-corrected chi connectivity index (χ2v) is 4.57. The van der Waals surface area contributed by atoms with Gasteiger partial charge in [-0.2, -0.15) is 5.10 Å². The number of rotatable bonds is 3. The highest BCUT2D eigenvalue weighted by atomic mass is 16.5. The molecule has 3 rings (SSSR count). The second-order valence-electron chi connectivity index (χ2n) is 4.57. The lowest BCUT2D eigenvalue weighted by molar-refractivity contribution is -0.0384. The molecule has 1 aliphatic rings. The quantitative estimate of drug-likeness (QED) is 0.850. The predicted octanol–water partition coefficient (Wildman–Crippen LogP) is 2.65. The molecule has 3 heterocycles. The molecule has 0 aromatic carbocycles. The first-order valence-electron chi connectivity index (χ1n) is 6.54. The molecule has 0 spiro atoms. The van der Waals surface area contributed by atoms with E-state index in [0.29, 0.717) is 0 Å². The van der Waals surface area contributed by atoms with Gasteiger partial charge >= 0.3 is 0 Å². The van der Waals surface area contributed by atoms with Gasteiger partial charge < -0.3 is 9.47 Å². The zero-order chi connectivity index (χ0) is 13.1. The molecule has 1 aliphatic heterocycles. The average Bonchev–Trinajstić information content (AvgIpc) is 2.98. The summed E-state index contributed by atoms with van der Waals surface area (Å²) in [5.74, 6) is 0.753. The van der Waals surface area contributed by atoms with Gasteiger partial charge in [-0.1, -0.05) is 0 Å². The van der Waals surface area contributed by atoms with E-state index < -0.39 is 0 Å². The molecule has 5 nitrogen and oxygen atoms in total. The van der Waals surface area contributed by atoms with Crippen LogP contribution in [0.25, 0.3) is 11.4 Å². The predicted molar refractivity (Wildman–Crippen MR) is 70.9 cm³/mol. The normalized spacial score (nSPS) is 19.3. The van der Waals surface area contributed by atoms with Gasteiger partial charge in [0.15, 0.2) is 6.23 Å². The number of aromatic nitrogens is 3. The molecule has 0 saturated carbocycles. The SMILES string of the molecule is COc1ccc(-c2ccnn2C2CCCCO2)nc1. The third-order valence-electron chi connectivity index (χ3n) is 3.33. The molecule has 1 unspecified atom stereocenters. The molecule has 1 fully saturated rings. The number of hydrogen-bond acceptors (Lipinski definition) is 4. The lowest BCUT2D eigenvalue weighted by atomic mass is 10.2. The minimum Gasteiger partial charge on any atom is -0.495 e. The van der Waals surface area contributed by atoms with Crippen LogP contribution in [0.2, 0.25) is 0 Å². The topological polar surface area (TPSA) is 49.2 Å². The number of pyridine rings is 1. The van der Waals surface area contributed by atoms with Crippen molar-refractivity contribution in [2.24, 2.45) is 0 Å². The third-order valence-corrected chi connectivity index (χ3v) is 3.33. The van der Waals surface area contributed by atoms with Gasteiger partial charge in [0, 0.05) is 12.8 Å². The highest BCUT2D eigenvalue weighted by molar-refractivity contribution is 5.54. The van der Waals surface area contributed by atoms with E-state index in [-0.39, 0.29) is 6.23 Å². The minimum absolute atomic E-state index is 0.0302. The first-order chi connectivity index (χ1) is 9.38. The van der Waals surface area contributed by atoms with Crippen molar-refractivity contribution in [2.75, 3.05) is 13.7 Å². The molecule has 0 radical (unpaired) electrons. The molecular formula is C14H17N3O2. The number of nitrogens with zero attached hydrogens (tertiary/aromatic N) is 3. The Kier molecular flexibility index (Phi) is 3.46. The van der Waals surface area contributed by atoms with E-state index >= 15 is 0 Å². The van der Waals surface area contributed by atoms with Gasteiger partial charge in [0.1, 0.15) is 5.75 Å². The molecule has 0 aliphatic carbocycles. The van der Waals surface area contributed by atoms with Gasteiger partial charge in [0.05, 0.1) is 24.7 Å². The molecule has 19 heavy (non-hydrogen) atoms. The third kappa shape index (κ3) is 2.46. The van der Waals surface area contributed by atoms with Gasteiger partial charge in [0.25, 0.3) is 0 Å². The van der Waals surface area contributed by atoms with Crippen LogP contribution in [-0.4, -0.2) is 28.5 Å². The summed E-state index contributed by atoms with van der Waals surface area (Å²) in [7, 11) is 1.64. The molecule has 5 heteroatoms. The van der Waals surface area contributed by atoms with Gasteiger partial charge in [-0.05, 0) is 37.5 Å². The van der Waals surface area contributed by atoms with Crippen molar-refractivity contribution in [1.82, 2.24) is 14.8 Å². The fourth-order valence-electron chi connectivity index (χ4n) is 2.32. The minimum atomic E-state index is 0.0302. The first-order valence-corrected chi connectivity index (χ1v) is 6.54. The Morgan fingerprint density at radius 3 is 2.95 bits per heavy atom. The van der Waals surface area contributed by atoms with Crippen LogP contribution in [0.15, 0.2) is 30.6 Å². The number of hydrogen-bond donors (Lipinski definition) is 0. The molecule has 0 amide bonds. The molecule has 0 N–H and O–H groups in total. The lowest BCUT2D eigenvalue weighted by Crippen LogP contribution is -2.20. The Balaban J connectivity index is 1.89. The Hall–Kier alpha value is -1.88. The molecule has 1 atom stereocenters. The molecule has 0 bridgehead atoms. The van der Waals surface area contributed by atoms with Crippen molar-refractivity contribution in [3.8, 4) is 17.1 Å². The van der Waals surface area contributed by atoms with Crippen molar-refractivity contribution >= 4 is 0 Å². The summed E-state index contributed by atoms with van der Waals surface area (Å²) in [5, 5.41) is 4.38. The first kappa shape index (κ1) is 12.2. The summed E-state index contributed by atoms with van der Waals surface area (Å²) >= 11 is 0. The summed E-state index contributed by atoms with van der Waals surface area (Å²) in [6.07, 6.45) is 6.86. The Morgan fingerprint density at radius 2 is 2.26 bits per heavy atom. The maximum absolute atomic E-state index is 5.78. The van der Waals surface area contributed by atoms with Crippen molar-refractivity contribution in [1.29, 1.82) is 0 Å². The second kappa shape index (κ2) is 5.40. The smallest absolute Gasteiger partial charge is 0.150 e. The standard InChI is InChI=1S/C14H17N3O2/c1-18-11-5-6-12(15-10-11)13-7-8-16-17(13)14-4-2-3-9-19-14/h5-8,10,14H,2-4,9H2,1H3. The maximum Gasteiger partial charge on any atom is 0.150 e. The summed E-state index contributed by atoms with van der Waals surface area (Å²) in [6.45, 7) is 0.806. The Bertz CT molecular complexity index is 530. The summed E-state index contributed by atoms with van der Waals surface area (Å²) < 4.78 is 12.8. The monoisotopic (exact) mass is 259 g/mol. The van der Waals surface area contributed by atoms with Crippen LogP contribution in [0.3, 0.4) is 0 Å². The molecule has 1 saturated heterocycles. The summed E-state index contributed by atoms with van der Waals surface area (Å²) in [5.41, 5.74) is 1.86. The van der Waals surface area contributed by atoms with E-state index in [1.807, 2.05) is 22.9 Å². The zero-order valence-electron chi connectivity index (χ0n) is 11.0. The van der Waals surface area contributed by atoms with Crippen LogP contribution in [0, 0.1) is 0 Å². The van der Waals surface area contributed by atoms with Crippen LogP contribution in [0.5, 0.6) is 5.75 Å². The van der Waals surface area contributed by atoms with Crippen molar-refractivity contribution < 1.29 is 9.47 Å². The van der Waals surface area contributed by atoms with Crippen molar-refractivity contribution in [2.45, 2.75) is 25.5 Å². The Morgan fingerprint density at radius 1 is 1.32 bits per heavy atom. The zero-order valence-corrected chi connectivity index (χ0v) is 11.0. The summed E-state index contributed by atoms with van der Waals surface area (Å²) in [4.78, 5) is 4.41. The van der Waals surface area contributed by atoms with E-state index in [9.17, 15) is 0 Å². The highest BCUT2D eigenvalue weighted by Gasteiger charge is 2.19. The van der Waals surface area contributed by atoms with Crippen LogP contribution >= 0.6 is 0 Å².